The predicted octanol–water partition coefficient (Wildman–Crippen LogP) is 4.83. The van der Waals surface area contributed by atoms with Crippen molar-refractivity contribution in [2.45, 2.75) is 6.18 Å². The number of nitro groups is 1. The monoisotopic (exact) mass is 318 g/mol. The van der Waals surface area contributed by atoms with E-state index in [2.05, 4.69) is 4.98 Å². The molecule has 0 N–H and O–H groups in total. The van der Waals surface area contributed by atoms with Crippen LogP contribution >= 0.6 is 0 Å². The molecule has 23 heavy (non-hydrogen) atoms. The number of alkyl halides is 3. The van der Waals surface area contributed by atoms with Gasteiger partial charge in [-0.3, -0.25) is 15.1 Å². The molecule has 0 bridgehead atoms. The number of fused-ring (bicyclic) bond motifs is 2. The summed E-state index contributed by atoms with van der Waals surface area (Å²) in [6, 6.07) is 11.9. The SMILES string of the molecule is FC(F)(F)c1ccc2ncccc2c1.O=[N+]([O-])c1cc2ccc1-2. The summed E-state index contributed by atoms with van der Waals surface area (Å²) in [6.45, 7) is 0. The minimum atomic E-state index is -4.29. The number of pyridine rings is 1. The molecule has 4 rings (SSSR count). The summed E-state index contributed by atoms with van der Waals surface area (Å²) in [5.74, 6) is 0. The van der Waals surface area contributed by atoms with Crippen molar-refractivity contribution in [3.8, 4) is 11.1 Å². The van der Waals surface area contributed by atoms with Gasteiger partial charge in [-0.05, 0) is 35.9 Å². The van der Waals surface area contributed by atoms with Crippen LogP contribution in [0.2, 0.25) is 0 Å². The molecule has 0 atom stereocenters. The Balaban J connectivity index is 0.000000149. The summed E-state index contributed by atoms with van der Waals surface area (Å²) in [7, 11) is 0. The van der Waals surface area contributed by atoms with Crippen molar-refractivity contribution in [1.29, 1.82) is 0 Å². The second kappa shape index (κ2) is 5.35. The van der Waals surface area contributed by atoms with Crippen LogP contribution in [0.25, 0.3) is 22.0 Å². The minimum Gasteiger partial charge on any atom is -0.258 e. The summed E-state index contributed by atoms with van der Waals surface area (Å²) >= 11 is 0. The van der Waals surface area contributed by atoms with E-state index in [1.54, 1.807) is 30.5 Å². The standard InChI is InChI=1S/C10H6F3N.C6H3NO2/c11-10(12,13)8-3-4-9-7(6-8)2-1-5-14-9;8-7(9)6-3-4-1-2-5(4)6/h1-6H;1-3H. The van der Waals surface area contributed by atoms with Gasteiger partial charge in [-0.2, -0.15) is 13.2 Å². The number of nitro benzene ring substituents is 1. The molecule has 7 heteroatoms. The molecule has 1 aromatic carbocycles. The Bertz CT molecular complexity index is 907. The number of benzene rings is 2. The largest absolute Gasteiger partial charge is 0.416 e. The molecule has 1 heterocycles. The lowest BCUT2D eigenvalue weighted by molar-refractivity contribution is -0.385. The van der Waals surface area contributed by atoms with E-state index in [1.807, 2.05) is 6.07 Å². The van der Waals surface area contributed by atoms with Crippen molar-refractivity contribution in [2.24, 2.45) is 0 Å². The van der Waals surface area contributed by atoms with Gasteiger partial charge in [-0.25, -0.2) is 0 Å². The predicted molar refractivity (Wildman–Crippen MR) is 78.8 cm³/mol. The zero-order valence-corrected chi connectivity index (χ0v) is 11.5. The highest BCUT2D eigenvalue weighted by Crippen LogP contribution is 2.42. The number of aromatic nitrogens is 1. The average molecular weight is 318 g/mol. The van der Waals surface area contributed by atoms with Gasteiger partial charge in [0.25, 0.3) is 5.69 Å². The molecule has 0 fully saturated rings. The van der Waals surface area contributed by atoms with Gasteiger partial charge in [-0.1, -0.05) is 12.1 Å². The van der Waals surface area contributed by atoms with Crippen LogP contribution in [0.15, 0.2) is 54.7 Å². The fourth-order valence-corrected chi connectivity index (χ4v) is 2.17. The van der Waals surface area contributed by atoms with Crippen molar-refractivity contribution in [1.82, 2.24) is 4.98 Å². The maximum absolute atomic E-state index is 12.3. The molecule has 0 saturated heterocycles. The third-order valence-corrected chi connectivity index (χ3v) is 3.44. The Morgan fingerprint density at radius 2 is 1.83 bits per heavy atom. The van der Waals surface area contributed by atoms with E-state index in [1.165, 1.54) is 6.07 Å². The van der Waals surface area contributed by atoms with E-state index in [4.69, 9.17) is 0 Å². The van der Waals surface area contributed by atoms with Crippen LogP contribution in [-0.4, -0.2) is 9.91 Å². The van der Waals surface area contributed by atoms with Crippen LogP contribution in [0.4, 0.5) is 18.9 Å². The first-order valence-corrected chi connectivity index (χ1v) is 6.57. The third-order valence-electron chi connectivity index (χ3n) is 3.44. The molecule has 116 valence electrons. The fraction of sp³-hybridized carbons (Fsp3) is 0.0625. The molecule has 2 aromatic rings. The van der Waals surface area contributed by atoms with Gasteiger partial charge in [0.1, 0.15) is 0 Å². The summed E-state index contributed by atoms with van der Waals surface area (Å²) in [5.41, 5.74) is 2.01. The van der Waals surface area contributed by atoms with Crippen molar-refractivity contribution >= 4 is 16.6 Å². The smallest absolute Gasteiger partial charge is 0.258 e. The van der Waals surface area contributed by atoms with E-state index in [-0.39, 0.29) is 10.6 Å². The van der Waals surface area contributed by atoms with Crippen LogP contribution in [-0.2, 0) is 6.18 Å². The lowest BCUT2D eigenvalue weighted by atomic mass is 9.91. The van der Waals surface area contributed by atoms with E-state index in [0.717, 1.165) is 23.3 Å². The summed E-state index contributed by atoms with van der Waals surface area (Å²) in [6.07, 6.45) is -2.74. The van der Waals surface area contributed by atoms with Crippen molar-refractivity contribution in [3.63, 3.8) is 0 Å². The quantitative estimate of drug-likeness (QED) is 0.373. The van der Waals surface area contributed by atoms with Gasteiger partial charge in [0.2, 0.25) is 0 Å². The third kappa shape index (κ3) is 2.85. The van der Waals surface area contributed by atoms with Crippen LogP contribution in [0.5, 0.6) is 0 Å². The summed E-state index contributed by atoms with van der Waals surface area (Å²) in [5, 5.41) is 10.5. The molecule has 0 aliphatic heterocycles. The summed E-state index contributed by atoms with van der Waals surface area (Å²) < 4.78 is 36.9. The first kappa shape index (κ1) is 15.0. The van der Waals surface area contributed by atoms with Crippen molar-refractivity contribution in [2.75, 3.05) is 0 Å². The van der Waals surface area contributed by atoms with Gasteiger partial charge >= 0.3 is 6.18 Å². The molecule has 0 unspecified atom stereocenters. The maximum atomic E-state index is 12.3. The molecule has 0 saturated carbocycles. The second-order valence-electron chi connectivity index (χ2n) is 4.90. The molecule has 2 aliphatic carbocycles. The molecule has 0 spiro atoms. The van der Waals surface area contributed by atoms with E-state index < -0.39 is 11.7 Å². The van der Waals surface area contributed by atoms with Crippen molar-refractivity contribution in [3.05, 3.63) is 70.4 Å². The highest BCUT2D eigenvalue weighted by Gasteiger charge is 2.30. The highest BCUT2D eigenvalue weighted by atomic mass is 19.4. The molecular formula is C16H9F3N2O2. The second-order valence-corrected chi connectivity index (χ2v) is 4.90. The molecule has 4 nitrogen and oxygen atoms in total. The van der Waals surface area contributed by atoms with Crippen LogP contribution in [0, 0.1) is 10.1 Å². The molecule has 1 aromatic heterocycles. The highest BCUT2D eigenvalue weighted by molar-refractivity contribution is 5.87. The van der Waals surface area contributed by atoms with E-state index in [0.29, 0.717) is 10.9 Å². The maximum Gasteiger partial charge on any atom is 0.416 e. The average Bonchev–Trinajstić information content (AvgIpc) is 2.49. The lowest BCUT2D eigenvalue weighted by Crippen LogP contribution is -2.04. The first-order chi connectivity index (χ1) is 10.9. The zero-order chi connectivity index (χ0) is 16.6. The van der Waals surface area contributed by atoms with Crippen LogP contribution in [0.3, 0.4) is 0 Å². The first-order valence-electron chi connectivity index (χ1n) is 6.57. The Hall–Kier alpha value is -2.96. The number of halogens is 3. The Kier molecular flexibility index (Phi) is 3.48. The fourth-order valence-electron chi connectivity index (χ4n) is 2.17. The normalized spacial score (nSPS) is 11.6. The van der Waals surface area contributed by atoms with Crippen LogP contribution < -0.4 is 0 Å². The van der Waals surface area contributed by atoms with Gasteiger partial charge in [-0.15, -0.1) is 0 Å². The van der Waals surface area contributed by atoms with E-state index >= 15 is 0 Å². The van der Waals surface area contributed by atoms with Crippen molar-refractivity contribution < 1.29 is 18.1 Å². The topological polar surface area (TPSA) is 56.0 Å². The number of hydrogen-bond donors (Lipinski definition) is 0. The molecular weight excluding hydrogens is 309 g/mol. The molecule has 0 radical (unpaired) electrons. The Labute approximate surface area is 128 Å². The Morgan fingerprint density at radius 3 is 2.30 bits per heavy atom. The number of rotatable bonds is 1. The zero-order valence-electron chi connectivity index (χ0n) is 11.5. The lowest BCUT2D eigenvalue weighted by Gasteiger charge is -2.12. The van der Waals surface area contributed by atoms with E-state index in [9.17, 15) is 23.3 Å². The minimum absolute atomic E-state index is 0.257. The molecule has 0 amide bonds. The number of nitrogens with zero attached hydrogens (tertiary/aromatic N) is 2. The molecule has 2 aliphatic rings. The van der Waals surface area contributed by atoms with Gasteiger partial charge in [0.15, 0.2) is 0 Å². The van der Waals surface area contributed by atoms with Gasteiger partial charge in [0.05, 0.1) is 21.6 Å². The Morgan fingerprint density at radius 1 is 1.04 bits per heavy atom. The van der Waals surface area contributed by atoms with Gasteiger partial charge in [0, 0.05) is 17.6 Å². The van der Waals surface area contributed by atoms with Crippen LogP contribution in [0.1, 0.15) is 5.56 Å². The number of hydrogen-bond acceptors (Lipinski definition) is 3. The van der Waals surface area contributed by atoms with Gasteiger partial charge < -0.3 is 0 Å². The summed E-state index contributed by atoms with van der Waals surface area (Å²) in [4.78, 5) is 13.6.